The minimum absolute atomic E-state index is 0.106. The first-order chi connectivity index (χ1) is 25.0. The molecule has 18 heteroatoms. The molecular weight excluding hydrogens is 760 g/mol. The van der Waals surface area contributed by atoms with Crippen molar-refractivity contribution in [3.8, 4) is 11.5 Å². The third-order valence-corrected chi connectivity index (χ3v) is 12.6. The van der Waals surface area contributed by atoms with E-state index >= 15 is 0 Å². The van der Waals surface area contributed by atoms with E-state index in [-0.39, 0.29) is 60.9 Å². The quantitative estimate of drug-likeness (QED) is 0.120. The number of aryl methyl sites for hydroxylation is 1. The summed E-state index contributed by atoms with van der Waals surface area (Å²) in [6.45, 7) is 3.00. The highest BCUT2D eigenvalue weighted by Gasteiger charge is 2.31. The monoisotopic (exact) mass is 793 g/mol. The summed E-state index contributed by atoms with van der Waals surface area (Å²) in [6, 6.07) is 18.8. The van der Waals surface area contributed by atoms with E-state index in [1.807, 2.05) is 6.92 Å². The zero-order valence-corrected chi connectivity index (χ0v) is 31.0. The normalized spacial score (nSPS) is 13.4. The van der Waals surface area contributed by atoms with Crippen LogP contribution in [0.25, 0.3) is 11.0 Å². The number of aromatic nitrogens is 3. The first kappa shape index (κ1) is 39.4. The second kappa shape index (κ2) is 16.1. The number of sulfone groups is 1. The van der Waals surface area contributed by atoms with Crippen molar-refractivity contribution in [2.75, 3.05) is 19.0 Å². The second-order valence-corrected chi connectivity index (χ2v) is 17.0. The summed E-state index contributed by atoms with van der Waals surface area (Å²) in [5.41, 5.74) is 1.57. The number of hydrogen-bond donors (Lipinski definition) is 0. The SMILES string of the molecule is CCC(Oc1ccc(S(=O)(=O)n2c(S(=O)Cc3nccc(OCC(F)(F)F)c3C)nc3ccccc32)cc1)C(=O)OCCS(=O)(=O)c1ccc(C)cc1. The van der Waals surface area contributed by atoms with Gasteiger partial charge >= 0.3 is 12.1 Å². The first-order valence-electron chi connectivity index (χ1n) is 16.0. The number of para-hydroxylation sites is 2. The van der Waals surface area contributed by atoms with Gasteiger partial charge in [0.05, 0.1) is 48.8 Å². The van der Waals surface area contributed by atoms with Crippen molar-refractivity contribution in [3.05, 3.63) is 102 Å². The van der Waals surface area contributed by atoms with Crippen LogP contribution in [0.3, 0.4) is 0 Å². The fraction of sp³-hybridized carbons (Fsp3) is 0.286. The Bertz CT molecular complexity index is 2350. The summed E-state index contributed by atoms with van der Waals surface area (Å²) in [5, 5.41) is -0.340. The number of alkyl halides is 3. The van der Waals surface area contributed by atoms with Crippen LogP contribution in [0.4, 0.5) is 13.2 Å². The number of rotatable bonds is 15. The van der Waals surface area contributed by atoms with Crippen molar-refractivity contribution in [2.45, 2.75) is 60.2 Å². The molecule has 0 saturated heterocycles. The van der Waals surface area contributed by atoms with E-state index in [1.54, 1.807) is 31.2 Å². The van der Waals surface area contributed by atoms with Gasteiger partial charge in [0.25, 0.3) is 10.0 Å². The number of imidazole rings is 1. The number of pyridine rings is 1. The van der Waals surface area contributed by atoms with Crippen LogP contribution in [0.5, 0.6) is 11.5 Å². The Kier molecular flexibility index (Phi) is 11.9. The van der Waals surface area contributed by atoms with Gasteiger partial charge < -0.3 is 14.2 Å². The summed E-state index contributed by atoms with van der Waals surface area (Å²) in [7, 11) is -10.3. The Balaban J connectivity index is 1.32. The van der Waals surface area contributed by atoms with E-state index in [9.17, 15) is 39.0 Å². The van der Waals surface area contributed by atoms with Crippen LogP contribution >= 0.6 is 0 Å². The van der Waals surface area contributed by atoms with Gasteiger partial charge in [0, 0.05) is 11.8 Å². The average molecular weight is 794 g/mol. The van der Waals surface area contributed by atoms with Crippen LogP contribution in [-0.4, -0.2) is 72.2 Å². The average Bonchev–Trinajstić information content (AvgIpc) is 3.52. The molecule has 2 aromatic heterocycles. The molecule has 0 bridgehead atoms. The van der Waals surface area contributed by atoms with Crippen LogP contribution in [0.2, 0.25) is 0 Å². The Morgan fingerprint density at radius 1 is 0.925 bits per heavy atom. The number of carbonyl (C=O) groups is 1. The number of halogens is 3. The molecule has 0 spiro atoms. The summed E-state index contributed by atoms with van der Waals surface area (Å²) >= 11 is 0. The van der Waals surface area contributed by atoms with Crippen molar-refractivity contribution in [1.29, 1.82) is 0 Å². The number of carbonyl (C=O) groups excluding carboxylic acids is 1. The maximum atomic E-state index is 14.1. The van der Waals surface area contributed by atoms with Gasteiger partial charge in [-0.05, 0) is 74.9 Å². The van der Waals surface area contributed by atoms with Gasteiger partial charge in [-0.15, -0.1) is 0 Å². The van der Waals surface area contributed by atoms with Crippen LogP contribution in [0, 0.1) is 13.8 Å². The molecule has 3 aromatic carbocycles. The van der Waals surface area contributed by atoms with E-state index in [0.29, 0.717) is 0 Å². The van der Waals surface area contributed by atoms with Gasteiger partial charge in [0.1, 0.15) is 18.1 Å². The van der Waals surface area contributed by atoms with Crippen LogP contribution in [0.1, 0.15) is 30.2 Å². The van der Waals surface area contributed by atoms with Gasteiger partial charge in [0.2, 0.25) is 5.16 Å². The van der Waals surface area contributed by atoms with Crippen LogP contribution in [0.15, 0.2) is 100 Å². The molecule has 0 aliphatic carbocycles. The lowest BCUT2D eigenvalue weighted by atomic mass is 10.2. The minimum Gasteiger partial charge on any atom is -0.484 e. The Labute approximate surface area is 306 Å². The minimum atomic E-state index is -4.58. The highest BCUT2D eigenvalue weighted by atomic mass is 32.2. The lowest BCUT2D eigenvalue weighted by molar-refractivity contribution is -0.153. The fourth-order valence-corrected chi connectivity index (χ4v) is 9.17. The summed E-state index contributed by atoms with van der Waals surface area (Å²) in [4.78, 5) is 21.1. The Morgan fingerprint density at radius 3 is 2.25 bits per heavy atom. The molecule has 0 fully saturated rings. The predicted molar refractivity (Wildman–Crippen MR) is 188 cm³/mol. The van der Waals surface area contributed by atoms with Gasteiger partial charge in [-0.2, -0.15) is 13.2 Å². The maximum absolute atomic E-state index is 14.1. The molecular formula is C35H34F3N3O9S3. The van der Waals surface area contributed by atoms with Gasteiger partial charge in [0.15, 0.2) is 22.5 Å². The molecule has 2 atom stereocenters. The molecule has 0 N–H and O–H groups in total. The molecule has 0 aliphatic heterocycles. The van der Waals surface area contributed by atoms with E-state index in [4.69, 9.17) is 14.2 Å². The molecule has 2 heterocycles. The van der Waals surface area contributed by atoms with E-state index in [2.05, 4.69) is 9.97 Å². The van der Waals surface area contributed by atoms with Crippen molar-refractivity contribution >= 4 is 47.7 Å². The molecule has 12 nitrogen and oxygen atoms in total. The zero-order valence-electron chi connectivity index (χ0n) is 28.6. The number of benzene rings is 3. The predicted octanol–water partition coefficient (Wildman–Crippen LogP) is 5.71. The third kappa shape index (κ3) is 9.41. The summed E-state index contributed by atoms with van der Waals surface area (Å²) in [6.07, 6.45) is -4.35. The van der Waals surface area contributed by atoms with E-state index < -0.39 is 67.9 Å². The zero-order chi connectivity index (χ0) is 38.6. The molecule has 5 aromatic rings. The van der Waals surface area contributed by atoms with Crippen molar-refractivity contribution in [1.82, 2.24) is 13.9 Å². The fourth-order valence-electron chi connectivity index (χ4n) is 5.03. The molecule has 282 valence electrons. The third-order valence-electron chi connectivity index (χ3n) is 7.86. The molecule has 53 heavy (non-hydrogen) atoms. The smallest absolute Gasteiger partial charge is 0.422 e. The van der Waals surface area contributed by atoms with Gasteiger partial charge in [-0.25, -0.2) is 30.6 Å². The number of esters is 1. The summed E-state index contributed by atoms with van der Waals surface area (Å²) < 4.78 is 122. The van der Waals surface area contributed by atoms with Gasteiger partial charge in [-0.1, -0.05) is 36.8 Å². The number of hydrogen-bond acceptors (Lipinski definition) is 11. The molecule has 0 amide bonds. The Morgan fingerprint density at radius 2 is 1.58 bits per heavy atom. The summed E-state index contributed by atoms with van der Waals surface area (Å²) in [5.74, 6) is -1.61. The molecule has 0 aliphatic rings. The number of fused-ring (bicyclic) bond motifs is 1. The second-order valence-electron chi connectivity index (χ2n) is 11.7. The Hall–Kier alpha value is -4.81. The topological polar surface area (TPSA) is 161 Å². The van der Waals surface area contributed by atoms with Gasteiger partial charge in [-0.3, -0.25) is 9.19 Å². The highest BCUT2D eigenvalue weighted by molar-refractivity contribution is 7.91. The molecule has 2 unspecified atom stereocenters. The maximum Gasteiger partial charge on any atom is 0.422 e. The van der Waals surface area contributed by atoms with Crippen LogP contribution < -0.4 is 9.47 Å². The number of nitrogens with zero attached hydrogens (tertiary/aromatic N) is 3. The largest absolute Gasteiger partial charge is 0.484 e. The van der Waals surface area contributed by atoms with Crippen molar-refractivity contribution in [3.63, 3.8) is 0 Å². The van der Waals surface area contributed by atoms with Crippen molar-refractivity contribution < 1.29 is 53.2 Å². The number of ether oxygens (including phenoxy) is 3. The lowest BCUT2D eigenvalue weighted by Gasteiger charge is -2.17. The molecule has 5 rings (SSSR count). The standard InChI is InChI=1S/C35H34F3N3O9S3/c1-4-31(33(42)48-19-20-52(44,45)26-13-9-23(2)10-14-26)50-25-11-15-27(16-12-25)53(46,47)41-30-8-6-5-7-28(30)40-34(41)51(43)21-29-24(3)32(17-18-39-29)49-22-35(36,37)38/h5-18,31H,4,19-22H2,1-3H3. The molecule has 0 saturated carbocycles. The first-order valence-corrected chi connectivity index (χ1v) is 20.4. The lowest BCUT2D eigenvalue weighted by Crippen LogP contribution is -2.30. The van der Waals surface area contributed by atoms with Crippen LogP contribution in [-0.2, 0) is 45.9 Å². The molecule has 0 radical (unpaired) electrons. The van der Waals surface area contributed by atoms with E-state index in [0.717, 1.165) is 9.54 Å². The van der Waals surface area contributed by atoms with E-state index in [1.165, 1.54) is 67.7 Å². The van der Waals surface area contributed by atoms with Crippen molar-refractivity contribution in [2.24, 2.45) is 0 Å². The highest BCUT2D eigenvalue weighted by Crippen LogP contribution is 2.29.